The molecule has 0 spiro atoms. The SMILES string of the molecule is Cc1cc(C(=O)COC(=O)c2cc(C)n(C3CC3)c2C)c(C)n1-c1nccs1. The Morgan fingerprint density at radius 2 is 1.82 bits per heavy atom. The molecule has 146 valence electrons. The lowest BCUT2D eigenvalue weighted by Gasteiger charge is -2.08. The van der Waals surface area contributed by atoms with Crippen LogP contribution in [0.4, 0.5) is 0 Å². The molecule has 0 N–H and O–H groups in total. The van der Waals surface area contributed by atoms with Gasteiger partial charge < -0.3 is 9.30 Å². The molecule has 1 aliphatic rings. The van der Waals surface area contributed by atoms with Gasteiger partial charge in [0, 0.05) is 46.0 Å². The monoisotopic (exact) mass is 397 g/mol. The zero-order valence-electron chi connectivity index (χ0n) is 16.5. The topological polar surface area (TPSA) is 66.1 Å². The van der Waals surface area contributed by atoms with E-state index >= 15 is 0 Å². The molecule has 0 amide bonds. The Morgan fingerprint density at radius 1 is 1.11 bits per heavy atom. The predicted octanol–water partition coefficient (Wildman–Crippen LogP) is 4.34. The van der Waals surface area contributed by atoms with Gasteiger partial charge >= 0.3 is 5.97 Å². The molecule has 0 radical (unpaired) electrons. The highest BCUT2D eigenvalue weighted by Gasteiger charge is 2.29. The van der Waals surface area contributed by atoms with Crippen LogP contribution >= 0.6 is 11.3 Å². The molecule has 3 heterocycles. The summed E-state index contributed by atoms with van der Waals surface area (Å²) in [6.45, 7) is 7.48. The van der Waals surface area contributed by atoms with E-state index in [1.807, 2.05) is 49.8 Å². The molecule has 0 atom stereocenters. The van der Waals surface area contributed by atoms with Crippen molar-refractivity contribution in [3.63, 3.8) is 0 Å². The van der Waals surface area contributed by atoms with Crippen LogP contribution in [-0.4, -0.2) is 32.5 Å². The smallest absolute Gasteiger partial charge is 0.340 e. The molecule has 0 aromatic carbocycles. The van der Waals surface area contributed by atoms with Crippen molar-refractivity contribution in [1.82, 2.24) is 14.1 Å². The fraction of sp³-hybridized carbons (Fsp3) is 0.381. The Bertz CT molecular complexity index is 1060. The highest BCUT2D eigenvalue weighted by molar-refractivity contribution is 7.12. The number of nitrogens with zero attached hydrogens (tertiary/aromatic N) is 3. The molecule has 4 rings (SSSR count). The molecule has 0 aliphatic heterocycles. The highest BCUT2D eigenvalue weighted by atomic mass is 32.1. The Morgan fingerprint density at radius 3 is 2.46 bits per heavy atom. The number of esters is 1. The molecule has 1 fully saturated rings. The lowest BCUT2D eigenvalue weighted by Crippen LogP contribution is -2.15. The highest BCUT2D eigenvalue weighted by Crippen LogP contribution is 2.38. The number of aromatic nitrogens is 3. The zero-order valence-corrected chi connectivity index (χ0v) is 17.3. The fourth-order valence-electron chi connectivity index (χ4n) is 3.83. The summed E-state index contributed by atoms with van der Waals surface area (Å²) >= 11 is 1.51. The van der Waals surface area contributed by atoms with E-state index in [-0.39, 0.29) is 12.4 Å². The first-order chi connectivity index (χ1) is 13.4. The van der Waals surface area contributed by atoms with E-state index in [1.165, 1.54) is 11.3 Å². The molecule has 1 aliphatic carbocycles. The van der Waals surface area contributed by atoms with Crippen molar-refractivity contribution in [2.45, 2.75) is 46.6 Å². The third-order valence-electron chi connectivity index (χ3n) is 5.29. The quantitative estimate of drug-likeness (QED) is 0.458. The van der Waals surface area contributed by atoms with Crippen molar-refractivity contribution in [2.75, 3.05) is 6.61 Å². The summed E-state index contributed by atoms with van der Waals surface area (Å²) in [7, 11) is 0. The maximum Gasteiger partial charge on any atom is 0.340 e. The van der Waals surface area contributed by atoms with Gasteiger partial charge in [0.05, 0.1) is 5.56 Å². The second-order valence-corrected chi connectivity index (χ2v) is 8.19. The molecule has 6 nitrogen and oxygen atoms in total. The van der Waals surface area contributed by atoms with Gasteiger partial charge in [0.2, 0.25) is 5.78 Å². The number of carbonyl (C=O) groups is 2. The number of ether oxygens (including phenoxy) is 1. The molecule has 3 aromatic rings. The van der Waals surface area contributed by atoms with Gasteiger partial charge in [-0.25, -0.2) is 9.78 Å². The minimum Gasteiger partial charge on any atom is -0.454 e. The minimum atomic E-state index is -0.443. The van der Waals surface area contributed by atoms with Crippen LogP contribution in [0.15, 0.2) is 23.7 Å². The largest absolute Gasteiger partial charge is 0.454 e. The maximum atomic E-state index is 12.7. The number of ketones is 1. The molecular weight excluding hydrogens is 374 g/mol. The van der Waals surface area contributed by atoms with Gasteiger partial charge in [-0.2, -0.15) is 0 Å². The van der Waals surface area contributed by atoms with Crippen LogP contribution in [0.5, 0.6) is 0 Å². The third-order valence-corrected chi connectivity index (χ3v) is 6.05. The summed E-state index contributed by atoms with van der Waals surface area (Å²) in [6, 6.07) is 4.18. The summed E-state index contributed by atoms with van der Waals surface area (Å²) in [6.07, 6.45) is 4.04. The van der Waals surface area contributed by atoms with Crippen LogP contribution in [0.25, 0.3) is 5.13 Å². The fourth-order valence-corrected chi connectivity index (χ4v) is 4.58. The van der Waals surface area contributed by atoms with Gasteiger partial charge in [-0.15, -0.1) is 11.3 Å². The molecule has 0 saturated heterocycles. The summed E-state index contributed by atoms with van der Waals surface area (Å²) in [5, 5.41) is 2.72. The van der Waals surface area contributed by atoms with E-state index in [0.29, 0.717) is 17.2 Å². The zero-order chi connectivity index (χ0) is 20.0. The van der Waals surface area contributed by atoms with Crippen LogP contribution in [0.2, 0.25) is 0 Å². The van der Waals surface area contributed by atoms with Crippen molar-refractivity contribution in [3.05, 3.63) is 57.6 Å². The van der Waals surface area contributed by atoms with Crippen molar-refractivity contribution in [3.8, 4) is 5.13 Å². The number of thiazole rings is 1. The number of aryl methyl sites for hydroxylation is 2. The predicted molar refractivity (Wildman–Crippen MR) is 108 cm³/mol. The van der Waals surface area contributed by atoms with Crippen molar-refractivity contribution in [2.24, 2.45) is 0 Å². The van der Waals surface area contributed by atoms with Crippen LogP contribution in [0.1, 0.15) is 62.4 Å². The molecule has 3 aromatic heterocycles. The van der Waals surface area contributed by atoms with E-state index in [9.17, 15) is 9.59 Å². The van der Waals surface area contributed by atoms with Gasteiger partial charge in [0.1, 0.15) is 0 Å². The maximum absolute atomic E-state index is 12.7. The van der Waals surface area contributed by atoms with Crippen LogP contribution in [-0.2, 0) is 4.74 Å². The number of hydrogen-bond donors (Lipinski definition) is 0. The summed E-state index contributed by atoms with van der Waals surface area (Å²) in [5.74, 6) is -0.651. The van der Waals surface area contributed by atoms with Crippen LogP contribution < -0.4 is 0 Å². The summed E-state index contributed by atoms with van der Waals surface area (Å²) < 4.78 is 9.51. The van der Waals surface area contributed by atoms with Crippen molar-refractivity contribution < 1.29 is 14.3 Å². The van der Waals surface area contributed by atoms with Gasteiger partial charge in [0.25, 0.3) is 0 Å². The molecular formula is C21H23N3O3S. The number of Topliss-reactive ketones (excluding diaryl/α,β-unsaturated/α-hetero) is 1. The Balaban J connectivity index is 1.49. The second kappa shape index (κ2) is 7.05. The van der Waals surface area contributed by atoms with Gasteiger partial charge in [-0.1, -0.05) is 0 Å². The van der Waals surface area contributed by atoms with E-state index in [2.05, 4.69) is 9.55 Å². The van der Waals surface area contributed by atoms with Gasteiger partial charge in [-0.3, -0.25) is 9.36 Å². The summed E-state index contributed by atoms with van der Waals surface area (Å²) in [5.41, 5.74) is 4.81. The molecule has 7 heteroatoms. The Labute approximate surface area is 167 Å². The molecule has 28 heavy (non-hydrogen) atoms. The van der Waals surface area contributed by atoms with Crippen molar-refractivity contribution in [1.29, 1.82) is 0 Å². The average Bonchev–Trinajstić information content (AvgIpc) is 3.11. The molecule has 0 unspecified atom stereocenters. The Kier molecular flexibility index (Phi) is 4.71. The van der Waals surface area contributed by atoms with E-state index in [4.69, 9.17) is 4.74 Å². The molecule has 0 bridgehead atoms. The van der Waals surface area contributed by atoms with Gasteiger partial charge in [-0.05, 0) is 52.7 Å². The number of rotatable bonds is 6. The normalized spacial score (nSPS) is 13.7. The first-order valence-corrected chi connectivity index (χ1v) is 10.2. The van der Waals surface area contributed by atoms with E-state index < -0.39 is 5.97 Å². The van der Waals surface area contributed by atoms with E-state index in [0.717, 1.165) is 40.7 Å². The number of carbonyl (C=O) groups excluding carboxylic acids is 2. The second-order valence-electron chi connectivity index (χ2n) is 7.32. The van der Waals surface area contributed by atoms with Crippen LogP contribution in [0.3, 0.4) is 0 Å². The minimum absolute atomic E-state index is 0.208. The number of hydrogen-bond acceptors (Lipinski definition) is 5. The average molecular weight is 398 g/mol. The van der Waals surface area contributed by atoms with Gasteiger partial charge in [0.15, 0.2) is 11.7 Å². The lowest BCUT2D eigenvalue weighted by atomic mass is 10.1. The standard InChI is InChI=1S/C21H23N3O3S/c1-12-10-18(15(4)23(12)16-5-6-16)20(26)27-11-19(25)17-9-13(2)24(14(17)3)21-22-7-8-28-21/h7-10,16H,5-6,11H2,1-4H3. The third kappa shape index (κ3) is 3.20. The first kappa shape index (κ1) is 18.7. The first-order valence-electron chi connectivity index (χ1n) is 9.36. The lowest BCUT2D eigenvalue weighted by molar-refractivity contribution is 0.0473. The van der Waals surface area contributed by atoms with E-state index in [1.54, 1.807) is 6.20 Å². The van der Waals surface area contributed by atoms with Crippen molar-refractivity contribution >= 4 is 23.1 Å². The molecule has 1 saturated carbocycles. The summed E-state index contributed by atoms with van der Waals surface area (Å²) in [4.78, 5) is 29.6. The Hall–Kier alpha value is -2.67. The van der Waals surface area contributed by atoms with Crippen LogP contribution in [0, 0.1) is 27.7 Å².